The average molecular weight is 352 g/mol. The molecular formula is C19H16N2O5. The van der Waals surface area contributed by atoms with Gasteiger partial charge in [-0.25, -0.2) is 0 Å². The number of fused-ring (bicyclic) bond motifs is 3. The summed E-state index contributed by atoms with van der Waals surface area (Å²) in [7, 11) is 0. The molecule has 0 aromatic heterocycles. The number of carboxylic acids is 1. The van der Waals surface area contributed by atoms with E-state index in [0.29, 0.717) is 22.6 Å². The van der Waals surface area contributed by atoms with Crippen LogP contribution >= 0.6 is 0 Å². The SMILES string of the molecule is C[C@]12N[C@@]1(C(=O)NCC(=O)O)C(=O)c1ccc(Oc3ccccc3)cc12. The number of aliphatic carboxylic acids is 1. The van der Waals surface area contributed by atoms with Gasteiger partial charge in [0.15, 0.2) is 11.3 Å². The van der Waals surface area contributed by atoms with E-state index < -0.39 is 29.5 Å². The first-order valence-corrected chi connectivity index (χ1v) is 8.10. The highest BCUT2D eigenvalue weighted by Crippen LogP contribution is 2.56. The fourth-order valence-corrected chi connectivity index (χ4v) is 3.60. The summed E-state index contributed by atoms with van der Waals surface area (Å²) in [6.07, 6.45) is 0. The normalized spacial score (nSPS) is 25.2. The predicted octanol–water partition coefficient (Wildman–Crippen LogP) is 1.43. The van der Waals surface area contributed by atoms with Crippen molar-refractivity contribution in [2.45, 2.75) is 18.0 Å². The Morgan fingerprint density at radius 3 is 2.58 bits per heavy atom. The number of rotatable bonds is 5. The molecular weight excluding hydrogens is 336 g/mol. The van der Waals surface area contributed by atoms with Crippen molar-refractivity contribution in [2.24, 2.45) is 0 Å². The third-order valence-corrected chi connectivity index (χ3v) is 4.96. The summed E-state index contributed by atoms with van der Waals surface area (Å²) in [5.74, 6) is -0.938. The van der Waals surface area contributed by atoms with Gasteiger partial charge in [-0.1, -0.05) is 18.2 Å². The minimum absolute atomic E-state index is 0.357. The first-order valence-electron chi connectivity index (χ1n) is 8.10. The monoisotopic (exact) mass is 352 g/mol. The van der Waals surface area contributed by atoms with Crippen LogP contribution < -0.4 is 15.4 Å². The lowest BCUT2D eigenvalue weighted by atomic mass is 9.93. The Morgan fingerprint density at radius 1 is 1.15 bits per heavy atom. The fourth-order valence-electron chi connectivity index (χ4n) is 3.60. The highest BCUT2D eigenvalue weighted by molar-refractivity contribution is 6.27. The molecule has 1 fully saturated rings. The number of carbonyl (C=O) groups is 3. The van der Waals surface area contributed by atoms with Gasteiger partial charge in [-0.05, 0) is 42.8 Å². The van der Waals surface area contributed by atoms with Crippen LogP contribution in [0.2, 0.25) is 0 Å². The van der Waals surface area contributed by atoms with E-state index in [9.17, 15) is 14.4 Å². The molecule has 26 heavy (non-hydrogen) atoms. The molecule has 132 valence electrons. The third kappa shape index (κ3) is 2.14. The summed E-state index contributed by atoms with van der Waals surface area (Å²) in [5, 5.41) is 14.0. The molecule has 7 heteroatoms. The minimum Gasteiger partial charge on any atom is -0.480 e. The predicted molar refractivity (Wildman–Crippen MR) is 91.2 cm³/mol. The molecule has 1 amide bonds. The third-order valence-electron chi connectivity index (χ3n) is 4.96. The first-order chi connectivity index (χ1) is 12.4. The lowest BCUT2D eigenvalue weighted by molar-refractivity contribution is -0.138. The van der Waals surface area contributed by atoms with Crippen LogP contribution in [0.25, 0.3) is 0 Å². The van der Waals surface area contributed by atoms with Crippen molar-refractivity contribution >= 4 is 17.7 Å². The highest BCUT2D eigenvalue weighted by Gasteiger charge is 2.79. The summed E-state index contributed by atoms with van der Waals surface area (Å²) in [6, 6.07) is 14.3. The number of ether oxygens (including phenoxy) is 1. The Bertz CT molecular complexity index is 942. The van der Waals surface area contributed by atoms with Crippen LogP contribution in [0.4, 0.5) is 0 Å². The summed E-state index contributed by atoms with van der Waals surface area (Å²) in [6.45, 7) is 1.22. The van der Waals surface area contributed by atoms with Crippen molar-refractivity contribution in [3.05, 3.63) is 59.7 Å². The molecule has 0 unspecified atom stereocenters. The zero-order valence-electron chi connectivity index (χ0n) is 13.9. The Labute approximate surface area is 149 Å². The Morgan fingerprint density at radius 2 is 1.88 bits per heavy atom. The van der Waals surface area contributed by atoms with Crippen LogP contribution in [0.3, 0.4) is 0 Å². The van der Waals surface area contributed by atoms with Crippen LogP contribution in [0.1, 0.15) is 22.8 Å². The number of carboxylic acid groups (broad SMARTS) is 1. The van der Waals surface area contributed by atoms with Crippen LogP contribution in [0, 0.1) is 0 Å². The smallest absolute Gasteiger partial charge is 0.322 e. The molecule has 0 saturated carbocycles. The van der Waals surface area contributed by atoms with Gasteiger partial charge in [-0.2, -0.15) is 0 Å². The maximum atomic E-state index is 12.8. The number of para-hydroxylation sites is 1. The molecule has 3 N–H and O–H groups in total. The van der Waals surface area contributed by atoms with Gasteiger partial charge in [0.2, 0.25) is 0 Å². The molecule has 2 aliphatic rings. The van der Waals surface area contributed by atoms with Gasteiger partial charge in [-0.3, -0.25) is 19.7 Å². The Balaban J connectivity index is 1.64. The van der Waals surface area contributed by atoms with Crippen molar-refractivity contribution < 1.29 is 24.2 Å². The molecule has 0 radical (unpaired) electrons. The minimum atomic E-state index is -1.45. The Kier molecular flexibility index (Phi) is 3.38. The van der Waals surface area contributed by atoms with Crippen LogP contribution in [-0.4, -0.2) is 34.8 Å². The molecule has 2 atom stereocenters. The Hall–Kier alpha value is -3.19. The second kappa shape index (κ2) is 5.40. The molecule has 2 aromatic carbocycles. The lowest BCUT2D eigenvalue weighted by Gasteiger charge is -2.11. The molecule has 0 spiro atoms. The number of hydrogen-bond donors (Lipinski definition) is 3. The summed E-state index contributed by atoms with van der Waals surface area (Å²) < 4.78 is 5.81. The lowest BCUT2D eigenvalue weighted by Crippen LogP contribution is -2.47. The van der Waals surface area contributed by atoms with E-state index in [1.54, 1.807) is 25.1 Å². The van der Waals surface area contributed by atoms with Crippen molar-refractivity contribution in [3.8, 4) is 11.5 Å². The van der Waals surface area contributed by atoms with Crippen molar-refractivity contribution in [1.29, 1.82) is 0 Å². The van der Waals surface area contributed by atoms with Gasteiger partial charge in [0.25, 0.3) is 5.91 Å². The molecule has 0 bridgehead atoms. The van der Waals surface area contributed by atoms with Gasteiger partial charge in [0.05, 0.1) is 5.54 Å². The summed E-state index contributed by atoms with van der Waals surface area (Å²) >= 11 is 0. The first kappa shape index (κ1) is 16.3. The second-order valence-electron chi connectivity index (χ2n) is 6.53. The highest BCUT2D eigenvalue weighted by atomic mass is 16.5. The quantitative estimate of drug-likeness (QED) is 0.554. The molecule has 4 rings (SSSR count). The van der Waals surface area contributed by atoms with Crippen LogP contribution in [0.15, 0.2) is 48.5 Å². The van der Waals surface area contributed by atoms with Gasteiger partial charge in [0, 0.05) is 5.56 Å². The molecule has 1 saturated heterocycles. The van der Waals surface area contributed by atoms with E-state index in [1.807, 2.05) is 30.3 Å². The van der Waals surface area contributed by atoms with Gasteiger partial charge in [0.1, 0.15) is 18.0 Å². The average Bonchev–Trinajstić information content (AvgIpc) is 3.23. The number of benzene rings is 2. The van der Waals surface area contributed by atoms with E-state index in [4.69, 9.17) is 9.84 Å². The summed E-state index contributed by atoms with van der Waals surface area (Å²) in [5.41, 5.74) is -1.22. The van der Waals surface area contributed by atoms with Crippen molar-refractivity contribution in [2.75, 3.05) is 6.54 Å². The second-order valence-corrected chi connectivity index (χ2v) is 6.53. The van der Waals surface area contributed by atoms with Crippen molar-refractivity contribution in [3.63, 3.8) is 0 Å². The van der Waals surface area contributed by atoms with Gasteiger partial charge < -0.3 is 15.2 Å². The number of hydrogen-bond acceptors (Lipinski definition) is 5. The van der Waals surface area contributed by atoms with Crippen LogP contribution in [0.5, 0.6) is 11.5 Å². The topological polar surface area (TPSA) is 115 Å². The largest absolute Gasteiger partial charge is 0.480 e. The van der Waals surface area contributed by atoms with Crippen LogP contribution in [-0.2, 0) is 15.1 Å². The van der Waals surface area contributed by atoms with E-state index >= 15 is 0 Å². The molecule has 1 aliphatic carbocycles. The number of amides is 1. The van der Waals surface area contributed by atoms with Crippen molar-refractivity contribution in [1.82, 2.24) is 10.6 Å². The molecule has 7 nitrogen and oxygen atoms in total. The maximum Gasteiger partial charge on any atom is 0.322 e. The standard InChI is InChI=1S/C19H16N2O5/c1-18-14-9-12(26-11-5-3-2-4-6-11)7-8-13(14)16(24)19(18,21-18)17(25)20-10-15(22)23/h2-9,21H,10H2,1H3,(H,20,25)(H,22,23)/t18-,19-/m1/s1. The number of nitrogens with one attached hydrogen (secondary N) is 2. The van der Waals surface area contributed by atoms with E-state index in [2.05, 4.69) is 10.6 Å². The zero-order valence-corrected chi connectivity index (χ0v) is 13.9. The summed E-state index contributed by atoms with van der Waals surface area (Å²) in [4.78, 5) is 36.0. The van der Waals surface area contributed by atoms with Gasteiger partial charge in [-0.15, -0.1) is 0 Å². The maximum absolute atomic E-state index is 12.8. The zero-order chi connectivity index (χ0) is 18.5. The number of ketones is 1. The number of carbonyl (C=O) groups excluding carboxylic acids is 2. The molecule has 1 heterocycles. The fraction of sp³-hybridized carbons (Fsp3) is 0.211. The van der Waals surface area contributed by atoms with E-state index in [1.165, 1.54) is 0 Å². The van der Waals surface area contributed by atoms with E-state index in [0.717, 1.165) is 0 Å². The van der Waals surface area contributed by atoms with Gasteiger partial charge >= 0.3 is 5.97 Å². The molecule has 2 aromatic rings. The number of Topliss-reactive ketones (excluding diaryl/α,β-unsaturated/α-hetero) is 1. The van der Waals surface area contributed by atoms with E-state index in [-0.39, 0.29) is 5.78 Å². The molecule has 1 aliphatic heterocycles.